The molecule has 3 N–H and O–H groups in total. The number of benzene rings is 1. The third kappa shape index (κ3) is 4.01. The lowest BCUT2D eigenvalue weighted by Crippen LogP contribution is -2.43. The molecule has 1 amide bonds. The van der Waals surface area contributed by atoms with Crippen LogP contribution in [0.1, 0.15) is 32.8 Å². The first-order valence-corrected chi connectivity index (χ1v) is 7.79. The standard InChI is InChI=1S/C18H22N2O4/c1-11(21)20-15(16(22)9-18(2,3)17(23)24)8-12-10-19-14-7-5-4-6-13(12)14/h4-7,10,15,19H,8-9H2,1-3H3,(H,20,21)(H,23,24)/t15-/m1/s1. The molecule has 2 aromatic rings. The van der Waals surface area contributed by atoms with Crippen LogP contribution >= 0.6 is 0 Å². The van der Waals surface area contributed by atoms with E-state index in [-0.39, 0.29) is 18.1 Å². The fourth-order valence-corrected chi connectivity index (χ4v) is 2.65. The molecule has 0 fully saturated rings. The zero-order valence-electron chi connectivity index (χ0n) is 14.1. The lowest BCUT2D eigenvalue weighted by atomic mass is 9.84. The zero-order chi connectivity index (χ0) is 17.9. The molecule has 24 heavy (non-hydrogen) atoms. The van der Waals surface area contributed by atoms with Crippen LogP contribution in [0.4, 0.5) is 0 Å². The van der Waals surface area contributed by atoms with Gasteiger partial charge in [0.15, 0.2) is 5.78 Å². The third-order valence-electron chi connectivity index (χ3n) is 4.06. The van der Waals surface area contributed by atoms with Gasteiger partial charge in [0, 0.05) is 36.9 Å². The molecule has 128 valence electrons. The van der Waals surface area contributed by atoms with Crippen LogP contribution in [0.5, 0.6) is 0 Å². The van der Waals surface area contributed by atoms with Crippen molar-refractivity contribution in [3.05, 3.63) is 36.0 Å². The molecule has 0 aliphatic carbocycles. The number of fused-ring (bicyclic) bond motifs is 1. The minimum absolute atomic E-state index is 0.143. The number of carboxylic acids is 1. The Morgan fingerprint density at radius 2 is 1.92 bits per heavy atom. The van der Waals surface area contributed by atoms with Gasteiger partial charge in [0.1, 0.15) is 0 Å². The summed E-state index contributed by atoms with van der Waals surface area (Å²) in [5, 5.41) is 12.8. The number of H-pyrrole nitrogens is 1. The lowest BCUT2D eigenvalue weighted by Gasteiger charge is -2.22. The van der Waals surface area contributed by atoms with Crippen LogP contribution in [0.15, 0.2) is 30.5 Å². The maximum absolute atomic E-state index is 12.6. The summed E-state index contributed by atoms with van der Waals surface area (Å²) in [6.45, 7) is 4.35. The number of hydrogen-bond donors (Lipinski definition) is 3. The Morgan fingerprint density at radius 3 is 2.54 bits per heavy atom. The summed E-state index contributed by atoms with van der Waals surface area (Å²) < 4.78 is 0. The van der Waals surface area contributed by atoms with Crippen molar-refractivity contribution in [2.24, 2.45) is 5.41 Å². The Morgan fingerprint density at radius 1 is 1.25 bits per heavy atom. The molecule has 0 aliphatic heterocycles. The Labute approximate surface area is 140 Å². The number of hydrogen-bond acceptors (Lipinski definition) is 3. The van der Waals surface area contributed by atoms with Gasteiger partial charge in [0.2, 0.25) is 5.91 Å². The van der Waals surface area contributed by atoms with Gasteiger partial charge >= 0.3 is 5.97 Å². The van der Waals surface area contributed by atoms with E-state index < -0.39 is 17.4 Å². The van der Waals surface area contributed by atoms with Crippen LogP contribution in [-0.2, 0) is 20.8 Å². The number of aliphatic carboxylic acids is 1. The molecule has 1 heterocycles. The first-order valence-electron chi connectivity index (χ1n) is 7.79. The van der Waals surface area contributed by atoms with Crippen molar-refractivity contribution in [3.8, 4) is 0 Å². The number of aromatic nitrogens is 1. The number of Topliss-reactive ketones (excluding diaryl/α,β-unsaturated/α-hetero) is 1. The number of ketones is 1. The van der Waals surface area contributed by atoms with E-state index in [0.717, 1.165) is 16.5 Å². The van der Waals surface area contributed by atoms with E-state index in [1.807, 2.05) is 30.5 Å². The second-order valence-corrected chi connectivity index (χ2v) is 6.65. The van der Waals surface area contributed by atoms with Gasteiger partial charge in [-0.15, -0.1) is 0 Å². The van der Waals surface area contributed by atoms with E-state index in [2.05, 4.69) is 10.3 Å². The topological polar surface area (TPSA) is 99.3 Å². The molecule has 6 nitrogen and oxygen atoms in total. The molecule has 0 unspecified atom stereocenters. The number of amides is 1. The van der Waals surface area contributed by atoms with E-state index >= 15 is 0 Å². The second kappa shape index (κ2) is 6.86. The Hall–Kier alpha value is -2.63. The highest BCUT2D eigenvalue weighted by molar-refractivity contribution is 5.93. The van der Waals surface area contributed by atoms with Crippen LogP contribution in [0.2, 0.25) is 0 Å². The molecule has 6 heteroatoms. The normalized spacial score (nSPS) is 12.8. The average Bonchev–Trinajstić information content (AvgIpc) is 2.89. The Balaban J connectivity index is 2.23. The minimum Gasteiger partial charge on any atom is -0.481 e. The molecule has 0 aliphatic rings. The van der Waals surface area contributed by atoms with Gasteiger partial charge in [-0.05, 0) is 25.5 Å². The quantitative estimate of drug-likeness (QED) is 0.725. The number of rotatable bonds is 7. The number of carboxylic acid groups (broad SMARTS) is 1. The van der Waals surface area contributed by atoms with Crippen LogP contribution in [0, 0.1) is 5.41 Å². The van der Waals surface area contributed by atoms with Crippen LogP contribution in [-0.4, -0.2) is 33.8 Å². The zero-order valence-corrected chi connectivity index (χ0v) is 14.1. The molecule has 0 saturated heterocycles. The predicted octanol–water partition coefficient (Wildman–Crippen LogP) is 2.29. The number of carbonyl (C=O) groups excluding carboxylic acids is 2. The van der Waals surface area contributed by atoms with Crippen molar-refractivity contribution in [1.82, 2.24) is 10.3 Å². The molecular formula is C18H22N2O4. The summed E-state index contributed by atoms with van der Waals surface area (Å²) in [5.74, 6) is -1.64. The highest BCUT2D eigenvalue weighted by Gasteiger charge is 2.33. The van der Waals surface area contributed by atoms with Crippen LogP contribution in [0.3, 0.4) is 0 Å². The summed E-state index contributed by atoms with van der Waals surface area (Å²) in [5.41, 5.74) is 0.687. The summed E-state index contributed by atoms with van der Waals surface area (Å²) in [7, 11) is 0. The molecule has 0 saturated carbocycles. The van der Waals surface area contributed by atoms with Gasteiger partial charge in [-0.1, -0.05) is 18.2 Å². The fraction of sp³-hybridized carbons (Fsp3) is 0.389. The van der Waals surface area contributed by atoms with Crippen molar-refractivity contribution >= 4 is 28.6 Å². The fourth-order valence-electron chi connectivity index (χ4n) is 2.65. The van der Waals surface area contributed by atoms with Crippen molar-refractivity contribution < 1.29 is 19.5 Å². The average molecular weight is 330 g/mol. The van der Waals surface area contributed by atoms with Gasteiger partial charge < -0.3 is 15.4 Å². The molecule has 1 aromatic heterocycles. The second-order valence-electron chi connectivity index (χ2n) is 6.65. The van der Waals surface area contributed by atoms with Crippen LogP contribution in [0.25, 0.3) is 10.9 Å². The smallest absolute Gasteiger partial charge is 0.309 e. The first-order chi connectivity index (χ1) is 11.2. The number of para-hydroxylation sites is 1. The van der Waals surface area contributed by atoms with Gasteiger partial charge in [0.25, 0.3) is 0 Å². The van der Waals surface area contributed by atoms with E-state index in [9.17, 15) is 19.5 Å². The molecule has 2 rings (SSSR count). The highest BCUT2D eigenvalue weighted by atomic mass is 16.4. The maximum Gasteiger partial charge on any atom is 0.309 e. The third-order valence-corrected chi connectivity index (χ3v) is 4.06. The number of nitrogens with one attached hydrogen (secondary N) is 2. The molecule has 1 aromatic carbocycles. The molecule has 1 atom stereocenters. The Kier molecular flexibility index (Phi) is 5.07. The summed E-state index contributed by atoms with van der Waals surface area (Å²) in [4.78, 5) is 38.4. The van der Waals surface area contributed by atoms with Crippen LogP contribution < -0.4 is 5.32 Å². The van der Waals surface area contributed by atoms with E-state index in [4.69, 9.17) is 0 Å². The predicted molar refractivity (Wildman–Crippen MR) is 90.6 cm³/mol. The van der Waals surface area contributed by atoms with Gasteiger partial charge in [-0.2, -0.15) is 0 Å². The summed E-state index contributed by atoms with van der Waals surface area (Å²) in [6.07, 6.45) is 1.99. The SMILES string of the molecule is CC(=O)N[C@H](Cc1c[nH]c2ccccc12)C(=O)CC(C)(C)C(=O)O. The van der Waals surface area contributed by atoms with E-state index in [0.29, 0.717) is 6.42 Å². The van der Waals surface area contributed by atoms with Crippen molar-refractivity contribution in [2.75, 3.05) is 0 Å². The van der Waals surface area contributed by atoms with Gasteiger partial charge in [0.05, 0.1) is 11.5 Å². The van der Waals surface area contributed by atoms with Gasteiger partial charge in [-0.25, -0.2) is 0 Å². The maximum atomic E-state index is 12.6. The monoisotopic (exact) mass is 330 g/mol. The van der Waals surface area contributed by atoms with Crippen molar-refractivity contribution in [3.63, 3.8) is 0 Å². The molecule has 0 spiro atoms. The molecule has 0 radical (unpaired) electrons. The van der Waals surface area contributed by atoms with E-state index in [1.54, 1.807) is 0 Å². The summed E-state index contributed by atoms with van der Waals surface area (Å²) in [6, 6.07) is 6.94. The Bertz CT molecular complexity index is 776. The summed E-state index contributed by atoms with van der Waals surface area (Å²) >= 11 is 0. The minimum atomic E-state index is -1.17. The highest BCUT2D eigenvalue weighted by Crippen LogP contribution is 2.24. The molecular weight excluding hydrogens is 308 g/mol. The largest absolute Gasteiger partial charge is 0.481 e. The van der Waals surface area contributed by atoms with Crippen molar-refractivity contribution in [2.45, 2.75) is 39.7 Å². The lowest BCUT2D eigenvalue weighted by molar-refractivity contribution is -0.149. The first kappa shape index (κ1) is 17.7. The molecule has 0 bridgehead atoms. The number of aromatic amines is 1. The van der Waals surface area contributed by atoms with Gasteiger partial charge in [-0.3, -0.25) is 14.4 Å². The van der Waals surface area contributed by atoms with E-state index in [1.165, 1.54) is 20.8 Å². The number of carbonyl (C=O) groups is 3. The van der Waals surface area contributed by atoms with Crippen molar-refractivity contribution in [1.29, 1.82) is 0 Å².